The largest absolute Gasteiger partial charge is 0.348 e. The number of benzene rings is 1. The number of hydrogen-bond donors (Lipinski definition) is 2. The first-order valence-electron chi connectivity index (χ1n) is 5.85. The van der Waals surface area contributed by atoms with Crippen molar-refractivity contribution >= 4 is 17.7 Å². The molecule has 1 amide bonds. The highest BCUT2D eigenvalue weighted by molar-refractivity contribution is 7.98. The summed E-state index contributed by atoms with van der Waals surface area (Å²) in [4.78, 5) is 11.8. The summed E-state index contributed by atoms with van der Waals surface area (Å²) < 4.78 is 12.8. The summed E-state index contributed by atoms with van der Waals surface area (Å²) in [5, 5.41) is 2.83. The van der Waals surface area contributed by atoms with Crippen molar-refractivity contribution in [2.75, 3.05) is 12.0 Å². The second kappa shape index (κ2) is 7.38. The van der Waals surface area contributed by atoms with Crippen LogP contribution in [0.5, 0.6) is 0 Å². The molecule has 3 nitrogen and oxygen atoms in total. The van der Waals surface area contributed by atoms with Crippen molar-refractivity contribution in [2.24, 2.45) is 5.73 Å². The van der Waals surface area contributed by atoms with Crippen LogP contribution in [0.3, 0.4) is 0 Å². The van der Waals surface area contributed by atoms with Gasteiger partial charge in [0.1, 0.15) is 5.82 Å². The molecular weight excluding hydrogens is 251 g/mol. The minimum Gasteiger partial charge on any atom is -0.348 e. The highest BCUT2D eigenvalue weighted by atomic mass is 32.2. The van der Waals surface area contributed by atoms with Crippen molar-refractivity contribution in [3.8, 4) is 0 Å². The van der Waals surface area contributed by atoms with Crippen LogP contribution in [-0.2, 0) is 4.79 Å². The minimum absolute atomic E-state index is 0.166. The Labute approximate surface area is 111 Å². The van der Waals surface area contributed by atoms with Crippen LogP contribution in [0.1, 0.15) is 24.9 Å². The Bertz CT molecular complexity index is 383. The zero-order valence-electron chi connectivity index (χ0n) is 10.7. The van der Waals surface area contributed by atoms with Gasteiger partial charge in [-0.1, -0.05) is 12.1 Å². The lowest BCUT2D eigenvalue weighted by atomic mass is 10.1. The number of carbonyl (C=O) groups excluding carboxylic acids is 1. The topological polar surface area (TPSA) is 55.1 Å². The molecule has 0 radical (unpaired) electrons. The van der Waals surface area contributed by atoms with E-state index in [1.807, 2.05) is 13.2 Å². The Morgan fingerprint density at radius 3 is 2.61 bits per heavy atom. The molecule has 3 N–H and O–H groups in total. The van der Waals surface area contributed by atoms with Gasteiger partial charge < -0.3 is 11.1 Å². The second-order valence-corrected chi connectivity index (χ2v) is 5.16. The molecule has 0 aliphatic carbocycles. The van der Waals surface area contributed by atoms with Gasteiger partial charge >= 0.3 is 0 Å². The standard InChI is InChI=1S/C13H19FN2OS/c1-9(10-3-5-11(14)6-4-10)16-13(17)12(15)7-8-18-2/h3-6,9,12H,7-8,15H2,1-2H3,(H,16,17)/t9-,12+/m0/s1. The van der Waals surface area contributed by atoms with Crippen LogP contribution in [0.4, 0.5) is 4.39 Å². The van der Waals surface area contributed by atoms with E-state index in [-0.39, 0.29) is 17.8 Å². The molecule has 0 spiro atoms. The molecule has 0 aliphatic heterocycles. The molecule has 0 unspecified atom stereocenters. The molecule has 5 heteroatoms. The molecule has 2 atom stereocenters. The quantitative estimate of drug-likeness (QED) is 0.832. The number of thioether (sulfide) groups is 1. The normalized spacial score (nSPS) is 14.0. The number of rotatable bonds is 6. The fourth-order valence-electron chi connectivity index (χ4n) is 1.53. The maximum atomic E-state index is 12.8. The van der Waals surface area contributed by atoms with Crippen molar-refractivity contribution in [1.29, 1.82) is 0 Å². The summed E-state index contributed by atoms with van der Waals surface area (Å²) in [5.74, 6) is 0.411. The second-order valence-electron chi connectivity index (χ2n) is 4.17. The average Bonchev–Trinajstić information content (AvgIpc) is 2.36. The molecule has 0 saturated heterocycles. The lowest BCUT2D eigenvalue weighted by molar-refractivity contribution is -0.123. The summed E-state index contributed by atoms with van der Waals surface area (Å²) in [6, 6.07) is 5.43. The van der Waals surface area contributed by atoms with Gasteiger partial charge in [-0.2, -0.15) is 11.8 Å². The van der Waals surface area contributed by atoms with E-state index in [0.717, 1.165) is 11.3 Å². The number of carbonyl (C=O) groups is 1. The van der Waals surface area contributed by atoms with E-state index in [9.17, 15) is 9.18 Å². The number of nitrogens with one attached hydrogen (secondary N) is 1. The molecule has 100 valence electrons. The highest BCUT2D eigenvalue weighted by Crippen LogP contribution is 2.13. The fourth-order valence-corrected chi connectivity index (χ4v) is 2.02. The van der Waals surface area contributed by atoms with Crippen molar-refractivity contribution in [3.63, 3.8) is 0 Å². The molecule has 0 fully saturated rings. The number of nitrogens with two attached hydrogens (primary N) is 1. The predicted molar refractivity (Wildman–Crippen MR) is 73.9 cm³/mol. The van der Waals surface area contributed by atoms with Gasteiger partial charge in [0.2, 0.25) is 5.91 Å². The molecule has 0 saturated carbocycles. The Balaban J connectivity index is 2.51. The Morgan fingerprint density at radius 2 is 2.06 bits per heavy atom. The predicted octanol–water partition coefficient (Wildman–Crippen LogP) is 2.08. The maximum absolute atomic E-state index is 12.8. The zero-order valence-corrected chi connectivity index (χ0v) is 11.5. The number of amides is 1. The van der Waals surface area contributed by atoms with Gasteiger partial charge in [0.25, 0.3) is 0 Å². The van der Waals surface area contributed by atoms with Crippen LogP contribution < -0.4 is 11.1 Å². The molecular formula is C13H19FN2OS. The minimum atomic E-state index is -0.486. The summed E-state index contributed by atoms with van der Waals surface area (Å²) in [6.45, 7) is 1.85. The van der Waals surface area contributed by atoms with Crippen molar-refractivity contribution in [1.82, 2.24) is 5.32 Å². The van der Waals surface area contributed by atoms with Crippen molar-refractivity contribution < 1.29 is 9.18 Å². The van der Waals surface area contributed by atoms with Gasteiger partial charge in [0, 0.05) is 0 Å². The highest BCUT2D eigenvalue weighted by Gasteiger charge is 2.16. The van der Waals surface area contributed by atoms with Crippen molar-refractivity contribution in [3.05, 3.63) is 35.6 Å². The van der Waals surface area contributed by atoms with Crippen LogP contribution in [-0.4, -0.2) is 24.0 Å². The third-order valence-corrected chi connectivity index (χ3v) is 3.34. The van der Waals surface area contributed by atoms with Crippen LogP contribution in [0.15, 0.2) is 24.3 Å². The summed E-state index contributed by atoms with van der Waals surface area (Å²) in [5.41, 5.74) is 6.63. The first-order valence-corrected chi connectivity index (χ1v) is 7.24. The van der Waals surface area contributed by atoms with E-state index in [0.29, 0.717) is 6.42 Å². The Morgan fingerprint density at radius 1 is 1.44 bits per heavy atom. The van der Waals surface area contributed by atoms with Gasteiger partial charge in [0.05, 0.1) is 12.1 Å². The van der Waals surface area contributed by atoms with E-state index < -0.39 is 6.04 Å². The summed E-state index contributed by atoms with van der Waals surface area (Å²) >= 11 is 1.66. The summed E-state index contributed by atoms with van der Waals surface area (Å²) in [6.07, 6.45) is 2.63. The lowest BCUT2D eigenvalue weighted by Crippen LogP contribution is -2.41. The molecule has 0 bridgehead atoms. The molecule has 1 aromatic carbocycles. The van der Waals surface area contributed by atoms with Crippen LogP contribution in [0.25, 0.3) is 0 Å². The van der Waals surface area contributed by atoms with Gasteiger partial charge in [-0.05, 0) is 43.0 Å². The number of halogens is 1. The lowest BCUT2D eigenvalue weighted by Gasteiger charge is -2.17. The van der Waals surface area contributed by atoms with Gasteiger partial charge in [-0.25, -0.2) is 4.39 Å². The third kappa shape index (κ3) is 4.66. The monoisotopic (exact) mass is 270 g/mol. The Kier molecular flexibility index (Phi) is 6.15. The van der Waals surface area contributed by atoms with Crippen LogP contribution in [0.2, 0.25) is 0 Å². The zero-order chi connectivity index (χ0) is 13.5. The molecule has 0 heterocycles. The first-order chi connectivity index (χ1) is 8.54. The number of hydrogen-bond acceptors (Lipinski definition) is 3. The SMILES string of the molecule is CSCC[C@@H](N)C(=O)N[C@@H](C)c1ccc(F)cc1. The maximum Gasteiger partial charge on any atom is 0.237 e. The third-order valence-electron chi connectivity index (χ3n) is 2.70. The average molecular weight is 270 g/mol. The van der Waals surface area contributed by atoms with E-state index in [1.165, 1.54) is 12.1 Å². The molecule has 1 aromatic rings. The molecule has 0 aromatic heterocycles. The van der Waals surface area contributed by atoms with E-state index >= 15 is 0 Å². The van der Waals surface area contributed by atoms with Crippen LogP contribution in [0, 0.1) is 5.82 Å². The smallest absolute Gasteiger partial charge is 0.237 e. The molecule has 18 heavy (non-hydrogen) atoms. The fraction of sp³-hybridized carbons (Fsp3) is 0.462. The van der Waals surface area contributed by atoms with Gasteiger partial charge in [-0.3, -0.25) is 4.79 Å². The van der Waals surface area contributed by atoms with Crippen molar-refractivity contribution in [2.45, 2.75) is 25.4 Å². The van der Waals surface area contributed by atoms with Gasteiger partial charge in [-0.15, -0.1) is 0 Å². The van der Waals surface area contributed by atoms with E-state index in [1.54, 1.807) is 23.9 Å². The Hall–Kier alpha value is -1.07. The van der Waals surface area contributed by atoms with Gasteiger partial charge in [0.15, 0.2) is 0 Å². The summed E-state index contributed by atoms with van der Waals surface area (Å²) in [7, 11) is 0. The molecule has 0 aliphatic rings. The van der Waals surface area contributed by atoms with E-state index in [2.05, 4.69) is 5.32 Å². The molecule has 1 rings (SSSR count). The van der Waals surface area contributed by atoms with E-state index in [4.69, 9.17) is 5.73 Å². The van der Waals surface area contributed by atoms with Crippen LogP contribution >= 0.6 is 11.8 Å². The first kappa shape index (κ1) is 15.0.